The molecule has 0 spiro atoms. The summed E-state index contributed by atoms with van der Waals surface area (Å²) in [4.78, 5) is 26.3. The largest absolute Gasteiger partial charge is 0.465 e. The van der Waals surface area contributed by atoms with Crippen molar-refractivity contribution in [3.05, 3.63) is 68.8 Å². The van der Waals surface area contributed by atoms with E-state index in [1.54, 1.807) is 18.2 Å². The summed E-state index contributed by atoms with van der Waals surface area (Å²) >= 11 is 5.76. The number of benzene rings is 1. The molecule has 0 bridgehead atoms. The smallest absolute Gasteiger partial charge is 0.288 e. The molecule has 0 aliphatic carbocycles. The molecule has 1 N–H and O–H groups in total. The van der Waals surface area contributed by atoms with Gasteiger partial charge >= 0.3 is 0 Å². The van der Waals surface area contributed by atoms with E-state index in [1.807, 2.05) is 0 Å². The number of carbonyl (C=O) groups is 1. The number of aliphatic imine (C=N–C) groups is 1. The minimum absolute atomic E-state index is 0.0185. The number of furan rings is 1. The van der Waals surface area contributed by atoms with Crippen molar-refractivity contribution >= 4 is 35.1 Å². The van der Waals surface area contributed by atoms with Crippen LogP contribution < -0.4 is 5.32 Å². The molecule has 0 atom stereocenters. The van der Waals surface area contributed by atoms with Crippen LogP contribution >= 0.6 is 11.6 Å². The van der Waals surface area contributed by atoms with Gasteiger partial charge in [0.1, 0.15) is 22.3 Å². The molecule has 7 nitrogen and oxygen atoms in total. The van der Waals surface area contributed by atoms with Crippen molar-refractivity contribution in [1.82, 2.24) is 5.32 Å². The van der Waals surface area contributed by atoms with Crippen LogP contribution in [0.3, 0.4) is 0 Å². The van der Waals surface area contributed by atoms with E-state index in [0.29, 0.717) is 11.3 Å². The molecule has 3 rings (SSSR count). The molecule has 0 radical (unpaired) electrons. The first kappa shape index (κ1) is 14.0. The zero-order valence-electron chi connectivity index (χ0n) is 10.9. The van der Waals surface area contributed by atoms with Gasteiger partial charge in [-0.2, -0.15) is 0 Å². The quantitative estimate of drug-likeness (QED) is 0.534. The van der Waals surface area contributed by atoms with Gasteiger partial charge < -0.3 is 9.73 Å². The fourth-order valence-corrected chi connectivity index (χ4v) is 2.10. The van der Waals surface area contributed by atoms with Gasteiger partial charge in [-0.1, -0.05) is 11.6 Å². The SMILES string of the molecule is O=C1NC(c2ccc(Cl)c([N+](=O)[O-])c2)=N/C1=C/c1ccco1. The van der Waals surface area contributed by atoms with Crippen LogP contribution in [0.25, 0.3) is 6.08 Å². The standard InChI is InChI=1S/C14H8ClN3O4/c15-10-4-3-8(6-12(10)18(20)21)13-16-11(14(19)17-13)7-9-2-1-5-22-9/h1-7H,(H,16,17,19)/b11-7+. The third kappa shape index (κ3) is 2.61. The van der Waals surface area contributed by atoms with Gasteiger partial charge in [0, 0.05) is 17.7 Å². The Morgan fingerprint density at radius 3 is 2.86 bits per heavy atom. The van der Waals surface area contributed by atoms with Gasteiger partial charge in [-0.15, -0.1) is 0 Å². The molecule has 2 aromatic rings. The third-order valence-corrected chi connectivity index (χ3v) is 3.25. The molecular formula is C14H8ClN3O4. The average Bonchev–Trinajstić information content (AvgIpc) is 3.10. The number of halogens is 1. The Kier molecular flexibility index (Phi) is 3.48. The van der Waals surface area contributed by atoms with Crippen molar-refractivity contribution in [2.75, 3.05) is 0 Å². The Labute approximate surface area is 129 Å². The van der Waals surface area contributed by atoms with Crippen LogP contribution in [0, 0.1) is 10.1 Å². The summed E-state index contributed by atoms with van der Waals surface area (Å²) in [6.45, 7) is 0. The van der Waals surface area contributed by atoms with Gasteiger partial charge in [0.25, 0.3) is 11.6 Å². The maximum Gasteiger partial charge on any atom is 0.288 e. The highest BCUT2D eigenvalue weighted by atomic mass is 35.5. The molecule has 8 heteroatoms. The van der Waals surface area contributed by atoms with E-state index in [4.69, 9.17) is 16.0 Å². The highest BCUT2D eigenvalue weighted by Crippen LogP contribution is 2.26. The van der Waals surface area contributed by atoms with Crippen LogP contribution in [0.2, 0.25) is 5.02 Å². The summed E-state index contributed by atoms with van der Waals surface area (Å²) < 4.78 is 5.12. The number of nitro groups is 1. The Hall–Kier alpha value is -2.93. The minimum atomic E-state index is -0.594. The summed E-state index contributed by atoms with van der Waals surface area (Å²) in [6.07, 6.45) is 2.96. The molecule has 110 valence electrons. The number of rotatable bonds is 3. The second-order valence-corrected chi connectivity index (χ2v) is 4.79. The van der Waals surface area contributed by atoms with E-state index >= 15 is 0 Å². The predicted octanol–water partition coefficient (Wildman–Crippen LogP) is 2.76. The van der Waals surface area contributed by atoms with Crippen LogP contribution in [0.15, 0.2) is 51.7 Å². The van der Waals surface area contributed by atoms with Gasteiger partial charge in [0.15, 0.2) is 0 Å². The monoisotopic (exact) mass is 317 g/mol. The van der Waals surface area contributed by atoms with E-state index in [9.17, 15) is 14.9 Å². The summed E-state index contributed by atoms with van der Waals surface area (Å²) in [5, 5.41) is 13.5. The van der Waals surface area contributed by atoms with Crippen LogP contribution in [0.1, 0.15) is 11.3 Å². The van der Waals surface area contributed by atoms with E-state index in [-0.39, 0.29) is 22.2 Å². The van der Waals surface area contributed by atoms with E-state index in [1.165, 1.54) is 24.5 Å². The molecule has 0 fully saturated rings. The van der Waals surface area contributed by atoms with E-state index in [0.717, 1.165) is 0 Å². The Bertz CT molecular complexity index is 825. The summed E-state index contributed by atoms with van der Waals surface area (Å²) in [5.74, 6) is 0.295. The number of hydrogen-bond donors (Lipinski definition) is 1. The lowest BCUT2D eigenvalue weighted by atomic mass is 10.2. The number of carbonyl (C=O) groups excluding carboxylic acids is 1. The van der Waals surface area contributed by atoms with Crippen molar-refractivity contribution in [3.63, 3.8) is 0 Å². The second-order valence-electron chi connectivity index (χ2n) is 4.38. The van der Waals surface area contributed by atoms with Gasteiger partial charge in [0.2, 0.25) is 0 Å². The second kappa shape index (κ2) is 5.45. The molecular weight excluding hydrogens is 310 g/mol. The van der Waals surface area contributed by atoms with Gasteiger partial charge in [-0.05, 0) is 24.3 Å². The lowest BCUT2D eigenvalue weighted by molar-refractivity contribution is -0.384. The fourth-order valence-electron chi connectivity index (χ4n) is 1.91. The number of nitrogens with zero attached hydrogens (tertiary/aromatic N) is 2. The zero-order chi connectivity index (χ0) is 15.7. The molecule has 22 heavy (non-hydrogen) atoms. The number of amidine groups is 1. The van der Waals surface area contributed by atoms with Crippen molar-refractivity contribution in [3.8, 4) is 0 Å². The predicted molar refractivity (Wildman–Crippen MR) is 79.5 cm³/mol. The maximum atomic E-state index is 11.9. The van der Waals surface area contributed by atoms with Crippen LogP contribution in [0.5, 0.6) is 0 Å². The molecule has 1 aromatic heterocycles. The van der Waals surface area contributed by atoms with E-state index < -0.39 is 10.8 Å². The zero-order valence-corrected chi connectivity index (χ0v) is 11.7. The topological polar surface area (TPSA) is 97.7 Å². The summed E-state index contributed by atoms with van der Waals surface area (Å²) in [6, 6.07) is 7.56. The summed E-state index contributed by atoms with van der Waals surface area (Å²) in [5.41, 5.74) is 0.300. The average molecular weight is 318 g/mol. The van der Waals surface area contributed by atoms with Crippen LogP contribution in [0.4, 0.5) is 5.69 Å². The molecule has 0 saturated heterocycles. The highest BCUT2D eigenvalue weighted by molar-refractivity contribution is 6.33. The van der Waals surface area contributed by atoms with Gasteiger partial charge in [-0.25, -0.2) is 4.99 Å². The lowest BCUT2D eigenvalue weighted by Crippen LogP contribution is -2.24. The van der Waals surface area contributed by atoms with Crippen LogP contribution in [-0.4, -0.2) is 16.7 Å². The number of nitrogens with one attached hydrogen (secondary N) is 1. The normalized spacial score (nSPS) is 15.8. The number of nitro benzene ring substituents is 1. The van der Waals surface area contributed by atoms with Crippen molar-refractivity contribution in [1.29, 1.82) is 0 Å². The Morgan fingerprint density at radius 1 is 1.36 bits per heavy atom. The van der Waals surface area contributed by atoms with Crippen molar-refractivity contribution in [2.24, 2.45) is 4.99 Å². The first-order chi connectivity index (χ1) is 10.5. The molecule has 0 unspecified atom stereocenters. The van der Waals surface area contributed by atoms with Crippen molar-refractivity contribution in [2.45, 2.75) is 0 Å². The number of hydrogen-bond acceptors (Lipinski definition) is 5. The van der Waals surface area contributed by atoms with Gasteiger partial charge in [0.05, 0.1) is 11.2 Å². The van der Waals surface area contributed by atoms with Crippen LogP contribution in [-0.2, 0) is 4.79 Å². The Morgan fingerprint density at radius 2 is 2.18 bits per heavy atom. The molecule has 0 saturated carbocycles. The maximum absolute atomic E-state index is 11.9. The molecule has 1 amide bonds. The molecule has 2 heterocycles. The minimum Gasteiger partial charge on any atom is -0.465 e. The molecule has 1 aromatic carbocycles. The molecule has 1 aliphatic heterocycles. The molecule has 1 aliphatic rings. The fraction of sp³-hybridized carbons (Fsp3) is 0. The first-order valence-corrected chi connectivity index (χ1v) is 6.52. The Balaban J connectivity index is 1.98. The van der Waals surface area contributed by atoms with Crippen molar-refractivity contribution < 1.29 is 14.1 Å². The van der Waals surface area contributed by atoms with Gasteiger partial charge in [-0.3, -0.25) is 14.9 Å². The lowest BCUT2D eigenvalue weighted by Gasteiger charge is -2.01. The highest BCUT2D eigenvalue weighted by Gasteiger charge is 2.23. The van der Waals surface area contributed by atoms with E-state index in [2.05, 4.69) is 10.3 Å². The summed E-state index contributed by atoms with van der Waals surface area (Å²) in [7, 11) is 0. The first-order valence-electron chi connectivity index (χ1n) is 6.14. The third-order valence-electron chi connectivity index (χ3n) is 2.94. The number of amides is 1.